The Bertz CT molecular complexity index is 830. The van der Waals surface area contributed by atoms with Crippen molar-refractivity contribution in [2.75, 3.05) is 0 Å². The molecule has 3 rings (SSSR count). The first-order valence-electron chi connectivity index (χ1n) is 6.05. The number of hydrogen-bond acceptors (Lipinski definition) is 3. The summed E-state index contributed by atoms with van der Waals surface area (Å²) in [6, 6.07) is 11.2. The van der Waals surface area contributed by atoms with Crippen molar-refractivity contribution in [3.8, 4) is 22.3 Å². The van der Waals surface area contributed by atoms with E-state index < -0.39 is 11.3 Å². The van der Waals surface area contributed by atoms with Gasteiger partial charge in [-0.05, 0) is 36.6 Å². The first kappa shape index (κ1) is 11.7. The van der Waals surface area contributed by atoms with Gasteiger partial charge >= 0.3 is 11.3 Å². The van der Waals surface area contributed by atoms with Gasteiger partial charge in [-0.1, -0.05) is 30.3 Å². The van der Waals surface area contributed by atoms with Crippen molar-refractivity contribution in [1.82, 2.24) is 0 Å². The first-order valence-corrected chi connectivity index (χ1v) is 6.05. The van der Waals surface area contributed by atoms with Crippen LogP contribution in [0, 0.1) is 13.8 Å². The molecule has 0 bridgehead atoms. The van der Waals surface area contributed by atoms with Gasteiger partial charge in [-0.15, -0.1) is 0 Å². The molecule has 1 heterocycles. The number of rotatable bonds is 0. The van der Waals surface area contributed by atoms with E-state index in [1.54, 1.807) is 6.07 Å². The van der Waals surface area contributed by atoms with E-state index in [2.05, 4.69) is 0 Å². The fourth-order valence-corrected chi connectivity index (χ4v) is 2.48. The van der Waals surface area contributed by atoms with Crippen LogP contribution in [0.25, 0.3) is 22.3 Å². The Morgan fingerprint density at radius 3 is 2.26 bits per heavy atom. The van der Waals surface area contributed by atoms with Crippen molar-refractivity contribution in [3.63, 3.8) is 0 Å². The van der Waals surface area contributed by atoms with E-state index in [-0.39, 0.29) is 0 Å². The molecule has 0 unspecified atom stereocenters. The number of furan rings is 1. The largest absolute Gasteiger partial charge is 0.386 e. The molecule has 19 heavy (non-hydrogen) atoms. The van der Waals surface area contributed by atoms with Crippen LogP contribution in [0.15, 0.2) is 50.4 Å². The maximum Gasteiger partial charge on any atom is 0.347 e. The molecule has 1 aliphatic heterocycles. The van der Waals surface area contributed by atoms with Gasteiger partial charge < -0.3 is 4.42 Å². The third-order valence-corrected chi connectivity index (χ3v) is 3.44. The van der Waals surface area contributed by atoms with Crippen LogP contribution in [0.3, 0.4) is 0 Å². The summed E-state index contributed by atoms with van der Waals surface area (Å²) >= 11 is 0. The Labute approximate surface area is 109 Å². The lowest BCUT2D eigenvalue weighted by atomic mass is 9.96. The van der Waals surface area contributed by atoms with Gasteiger partial charge in [0.05, 0.1) is 11.1 Å². The molecule has 0 aromatic carbocycles. The van der Waals surface area contributed by atoms with E-state index in [0.29, 0.717) is 11.1 Å². The molecule has 0 atom stereocenters. The second kappa shape index (κ2) is 4.05. The fourth-order valence-electron chi connectivity index (χ4n) is 2.48. The van der Waals surface area contributed by atoms with E-state index in [1.807, 2.05) is 44.2 Å². The second-order valence-corrected chi connectivity index (χ2v) is 4.67. The van der Waals surface area contributed by atoms with E-state index in [1.165, 1.54) is 0 Å². The van der Waals surface area contributed by atoms with Gasteiger partial charge in [0.2, 0.25) is 0 Å². The van der Waals surface area contributed by atoms with Crippen LogP contribution in [0.4, 0.5) is 0 Å². The van der Waals surface area contributed by atoms with Crippen molar-refractivity contribution in [1.29, 1.82) is 0 Å². The van der Waals surface area contributed by atoms with Crippen molar-refractivity contribution in [2.45, 2.75) is 13.8 Å². The summed E-state index contributed by atoms with van der Waals surface area (Å²) in [4.78, 5) is 23.7. The third kappa shape index (κ3) is 1.66. The second-order valence-electron chi connectivity index (χ2n) is 4.67. The Kier molecular flexibility index (Phi) is 2.49. The molecule has 0 aromatic rings. The lowest BCUT2D eigenvalue weighted by molar-refractivity contribution is 0.498. The molecule has 3 heteroatoms. The zero-order valence-corrected chi connectivity index (χ0v) is 10.7. The van der Waals surface area contributed by atoms with Gasteiger partial charge in [0.15, 0.2) is 0 Å². The van der Waals surface area contributed by atoms with Crippen LogP contribution in [0.2, 0.25) is 0 Å². The Morgan fingerprint density at radius 2 is 1.47 bits per heavy atom. The summed E-state index contributed by atoms with van der Waals surface area (Å²) in [7, 11) is 0. The number of hydrogen-bond donors (Lipinski definition) is 0. The van der Waals surface area contributed by atoms with Gasteiger partial charge in [0.1, 0.15) is 0 Å². The van der Waals surface area contributed by atoms with Gasteiger partial charge in [0, 0.05) is 5.56 Å². The SMILES string of the molecule is Cc1ccc2c(=O)oc(=O)c-2c2c(C)ccccc1-2. The molecule has 0 spiro atoms. The standard InChI is InChI=1S/C16H12O3/c1-9-7-8-12-14(16(18)19-15(12)17)13-10(2)5-3-4-6-11(9)13/h3-8H,1-2H3. The summed E-state index contributed by atoms with van der Waals surface area (Å²) in [6.07, 6.45) is 0. The summed E-state index contributed by atoms with van der Waals surface area (Å²) < 4.78 is 4.73. The average Bonchev–Trinajstić information content (AvgIpc) is 2.54. The van der Waals surface area contributed by atoms with Crippen LogP contribution in [0.1, 0.15) is 11.1 Å². The molecule has 3 aliphatic rings. The zero-order valence-electron chi connectivity index (χ0n) is 10.7. The smallest absolute Gasteiger partial charge is 0.347 e. The topological polar surface area (TPSA) is 47.3 Å². The Morgan fingerprint density at radius 1 is 0.737 bits per heavy atom. The molecule has 0 N–H and O–H groups in total. The van der Waals surface area contributed by atoms with Crippen molar-refractivity contribution in [3.05, 3.63) is 68.4 Å². The molecule has 0 saturated carbocycles. The highest BCUT2D eigenvalue weighted by Gasteiger charge is 2.22. The average molecular weight is 252 g/mol. The molecule has 0 saturated heterocycles. The van der Waals surface area contributed by atoms with Gasteiger partial charge in [-0.25, -0.2) is 9.59 Å². The first-order chi connectivity index (χ1) is 9.09. The quantitative estimate of drug-likeness (QED) is 0.618. The molecule has 94 valence electrons. The van der Waals surface area contributed by atoms with Crippen LogP contribution in [-0.4, -0.2) is 0 Å². The molecule has 0 radical (unpaired) electrons. The minimum absolute atomic E-state index is 0.345. The molecule has 0 aromatic heterocycles. The van der Waals surface area contributed by atoms with Crippen LogP contribution < -0.4 is 11.3 Å². The molecular formula is C16H12O3. The summed E-state index contributed by atoms with van der Waals surface area (Å²) in [5, 5.41) is 0. The van der Waals surface area contributed by atoms with E-state index >= 15 is 0 Å². The normalized spacial score (nSPS) is 11.1. The summed E-state index contributed by atoms with van der Waals surface area (Å²) in [5.41, 5.74) is 3.30. The fraction of sp³-hybridized carbons (Fsp3) is 0.125. The predicted octanol–water partition coefficient (Wildman–Crippen LogP) is 2.83. The van der Waals surface area contributed by atoms with Crippen LogP contribution >= 0.6 is 0 Å². The Hall–Kier alpha value is -2.42. The molecule has 0 fully saturated rings. The maximum atomic E-state index is 12.0. The van der Waals surface area contributed by atoms with Crippen molar-refractivity contribution < 1.29 is 4.42 Å². The molecule has 2 aliphatic carbocycles. The minimum Gasteiger partial charge on any atom is -0.386 e. The lowest BCUT2D eigenvalue weighted by Gasteiger charge is -2.05. The van der Waals surface area contributed by atoms with E-state index in [0.717, 1.165) is 22.3 Å². The summed E-state index contributed by atoms with van der Waals surface area (Å²) in [6.45, 7) is 3.89. The third-order valence-electron chi connectivity index (χ3n) is 3.44. The lowest BCUT2D eigenvalue weighted by Crippen LogP contribution is -1.97. The summed E-state index contributed by atoms with van der Waals surface area (Å²) in [5.74, 6) is 0. The molecule has 0 amide bonds. The molecular weight excluding hydrogens is 240 g/mol. The highest BCUT2D eigenvalue weighted by Crippen LogP contribution is 2.34. The highest BCUT2D eigenvalue weighted by molar-refractivity contribution is 5.86. The van der Waals surface area contributed by atoms with Gasteiger partial charge in [-0.3, -0.25) is 0 Å². The highest BCUT2D eigenvalue weighted by atomic mass is 16.4. The predicted molar refractivity (Wildman–Crippen MR) is 74.0 cm³/mol. The van der Waals surface area contributed by atoms with Crippen molar-refractivity contribution in [2.24, 2.45) is 0 Å². The molecule has 3 nitrogen and oxygen atoms in total. The maximum absolute atomic E-state index is 12.0. The van der Waals surface area contributed by atoms with Crippen molar-refractivity contribution >= 4 is 0 Å². The monoisotopic (exact) mass is 252 g/mol. The number of aryl methyl sites for hydroxylation is 2. The minimum atomic E-state index is -0.567. The van der Waals surface area contributed by atoms with Crippen LogP contribution in [-0.2, 0) is 0 Å². The van der Waals surface area contributed by atoms with E-state index in [9.17, 15) is 9.59 Å². The Balaban J connectivity index is 2.65. The number of fused-ring (bicyclic) bond motifs is 3. The van der Waals surface area contributed by atoms with Gasteiger partial charge in [0.25, 0.3) is 0 Å². The zero-order chi connectivity index (χ0) is 13.6. The van der Waals surface area contributed by atoms with Crippen LogP contribution in [0.5, 0.6) is 0 Å². The van der Waals surface area contributed by atoms with E-state index in [4.69, 9.17) is 4.42 Å². The van der Waals surface area contributed by atoms with Gasteiger partial charge in [-0.2, -0.15) is 0 Å².